The second-order valence-electron chi connectivity index (χ2n) is 8.48. The summed E-state index contributed by atoms with van der Waals surface area (Å²) in [7, 11) is 2.06. The Morgan fingerprint density at radius 3 is 2.36 bits per heavy atom. The number of nitrogens with zero attached hydrogens (tertiary/aromatic N) is 5. The normalized spacial score (nSPS) is 14.5. The van der Waals surface area contributed by atoms with Gasteiger partial charge in [-0.2, -0.15) is 0 Å². The zero-order valence-corrected chi connectivity index (χ0v) is 20.8. The largest absolute Gasteiger partial charge is 0.373 e. The summed E-state index contributed by atoms with van der Waals surface area (Å²) in [6, 6.07) is 10.7. The number of rotatable bonds is 8. The summed E-state index contributed by atoms with van der Waals surface area (Å²) in [4.78, 5) is 19.4. The van der Waals surface area contributed by atoms with Crippen molar-refractivity contribution in [2.75, 3.05) is 36.2 Å². The first-order chi connectivity index (χ1) is 16.1. The molecule has 2 aromatic heterocycles. The molecule has 1 fully saturated rings. The van der Waals surface area contributed by atoms with Gasteiger partial charge in [-0.15, -0.1) is 11.8 Å². The number of hydrogen-bond donors (Lipinski definition) is 0. The molecule has 4 rings (SSSR count). The highest BCUT2D eigenvalue weighted by Gasteiger charge is 2.21. The second kappa shape index (κ2) is 11.0. The van der Waals surface area contributed by atoms with E-state index in [0.29, 0.717) is 6.61 Å². The van der Waals surface area contributed by atoms with E-state index in [1.807, 2.05) is 18.6 Å². The third-order valence-corrected chi connectivity index (χ3v) is 6.95. The molecule has 1 aliphatic rings. The highest BCUT2D eigenvalue weighted by Crippen LogP contribution is 2.29. The maximum atomic E-state index is 6.20. The van der Waals surface area contributed by atoms with Gasteiger partial charge in [0.1, 0.15) is 5.82 Å². The quantitative estimate of drug-likeness (QED) is 0.414. The molecule has 0 saturated carbocycles. The molecule has 0 N–H and O–H groups in total. The number of anilines is 3. The van der Waals surface area contributed by atoms with Crippen molar-refractivity contribution in [2.24, 2.45) is 0 Å². The highest BCUT2D eigenvalue weighted by molar-refractivity contribution is 7.98. The lowest BCUT2D eigenvalue weighted by atomic mass is 10.1. The Hall–Kier alpha value is -2.64. The number of aryl methyl sites for hydroxylation is 2. The summed E-state index contributed by atoms with van der Waals surface area (Å²) < 4.78 is 6.20. The Balaban J connectivity index is 1.27. The van der Waals surface area contributed by atoms with Crippen LogP contribution in [0.25, 0.3) is 0 Å². The predicted octanol–water partition coefficient (Wildman–Crippen LogP) is 5.42. The number of thioether (sulfide) groups is 1. The molecule has 0 unspecified atom stereocenters. The van der Waals surface area contributed by atoms with Gasteiger partial charge < -0.3 is 14.5 Å². The molecule has 6 nitrogen and oxygen atoms in total. The van der Waals surface area contributed by atoms with Crippen LogP contribution in [0, 0.1) is 6.92 Å². The van der Waals surface area contributed by atoms with Crippen molar-refractivity contribution in [1.29, 1.82) is 0 Å². The van der Waals surface area contributed by atoms with Gasteiger partial charge in [0.15, 0.2) is 0 Å². The lowest BCUT2D eigenvalue weighted by Gasteiger charge is -2.32. The van der Waals surface area contributed by atoms with Crippen LogP contribution in [-0.2, 0) is 17.8 Å². The SMILES string of the molecule is CCc1cnc(N2CCC(OCc3ccc(N(C)c4ccc(SC)cc4C)nc3)CC2)nc1. The van der Waals surface area contributed by atoms with Crippen molar-refractivity contribution in [3.63, 3.8) is 0 Å². The summed E-state index contributed by atoms with van der Waals surface area (Å²) in [5, 5.41) is 0. The maximum Gasteiger partial charge on any atom is 0.225 e. The van der Waals surface area contributed by atoms with Gasteiger partial charge in [0, 0.05) is 49.3 Å². The van der Waals surface area contributed by atoms with Gasteiger partial charge >= 0.3 is 0 Å². The van der Waals surface area contributed by atoms with E-state index >= 15 is 0 Å². The molecule has 7 heteroatoms. The first kappa shape index (κ1) is 23.5. The minimum Gasteiger partial charge on any atom is -0.373 e. The number of piperidine rings is 1. The van der Waals surface area contributed by atoms with Crippen LogP contribution in [0.3, 0.4) is 0 Å². The number of hydrogen-bond acceptors (Lipinski definition) is 7. The first-order valence-electron chi connectivity index (χ1n) is 11.6. The zero-order chi connectivity index (χ0) is 23.2. The molecule has 0 radical (unpaired) electrons. The maximum absolute atomic E-state index is 6.20. The summed E-state index contributed by atoms with van der Waals surface area (Å²) in [5.41, 5.74) is 4.69. The van der Waals surface area contributed by atoms with Crippen molar-refractivity contribution in [3.05, 3.63) is 65.6 Å². The molecule has 174 valence electrons. The monoisotopic (exact) mass is 463 g/mol. The van der Waals surface area contributed by atoms with E-state index in [1.54, 1.807) is 11.8 Å². The van der Waals surface area contributed by atoms with Crippen LogP contribution in [0.1, 0.15) is 36.5 Å². The van der Waals surface area contributed by atoms with E-state index in [2.05, 4.69) is 82.2 Å². The van der Waals surface area contributed by atoms with Gasteiger partial charge in [-0.3, -0.25) is 0 Å². The summed E-state index contributed by atoms with van der Waals surface area (Å²) >= 11 is 1.76. The first-order valence-corrected chi connectivity index (χ1v) is 12.8. The molecule has 1 aliphatic heterocycles. The minimum atomic E-state index is 0.260. The van der Waals surface area contributed by atoms with E-state index in [4.69, 9.17) is 4.74 Å². The van der Waals surface area contributed by atoms with E-state index < -0.39 is 0 Å². The Labute approximate surface area is 201 Å². The standard InChI is InChI=1S/C26H33N5OS/c1-5-20-15-28-26(29-16-20)31-12-10-22(11-13-31)32-18-21-6-9-25(27-17-21)30(3)24-8-7-23(33-4)14-19(24)2/h6-9,14-17,22H,5,10-13,18H2,1-4H3. The molecule has 33 heavy (non-hydrogen) atoms. The zero-order valence-electron chi connectivity index (χ0n) is 20.0. The molecule has 3 heterocycles. The lowest BCUT2D eigenvalue weighted by molar-refractivity contribution is 0.0248. The highest BCUT2D eigenvalue weighted by atomic mass is 32.2. The Kier molecular flexibility index (Phi) is 7.83. The summed E-state index contributed by atoms with van der Waals surface area (Å²) in [5.74, 6) is 1.76. The van der Waals surface area contributed by atoms with E-state index in [0.717, 1.165) is 49.7 Å². The van der Waals surface area contributed by atoms with Gasteiger partial charge in [0.25, 0.3) is 0 Å². The fourth-order valence-electron chi connectivity index (χ4n) is 4.09. The fraction of sp³-hybridized carbons (Fsp3) is 0.423. The number of pyridine rings is 1. The van der Waals surface area contributed by atoms with Crippen molar-refractivity contribution in [2.45, 2.75) is 50.7 Å². The van der Waals surface area contributed by atoms with E-state index in [9.17, 15) is 0 Å². The van der Waals surface area contributed by atoms with Crippen LogP contribution < -0.4 is 9.80 Å². The third-order valence-electron chi connectivity index (χ3n) is 6.23. The van der Waals surface area contributed by atoms with Crippen LogP contribution in [0.4, 0.5) is 17.5 Å². The molecule has 0 spiro atoms. The Bertz CT molecular complexity index is 1030. The smallest absolute Gasteiger partial charge is 0.225 e. The van der Waals surface area contributed by atoms with Crippen LogP contribution in [0.15, 0.2) is 53.8 Å². The van der Waals surface area contributed by atoms with Crippen LogP contribution >= 0.6 is 11.8 Å². The molecule has 0 aliphatic carbocycles. The van der Waals surface area contributed by atoms with Gasteiger partial charge in [0.05, 0.1) is 12.7 Å². The molecule has 1 saturated heterocycles. The number of benzene rings is 1. The van der Waals surface area contributed by atoms with Gasteiger partial charge in [-0.05, 0) is 73.4 Å². The van der Waals surface area contributed by atoms with Crippen molar-refractivity contribution >= 4 is 29.2 Å². The van der Waals surface area contributed by atoms with Gasteiger partial charge in [-0.25, -0.2) is 15.0 Å². The number of aromatic nitrogens is 3. The number of ether oxygens (including phenoxy) is 1. The molecule has 1 aromatic carbocycles. The summed E-state index contributed by atoms with van der Waals surface area (Å²) in [6.07, 6.45) is 11.1. The molecular weight excluding hydrogens is 430 g/mol. The van der Waals surface area contributed by atoms with Crippen LogP contribution in [0.5, 0.6) is 0 Å². The average molecular weight is 464 g/mol. The fourth-order valence-corrected chi connectivity index (χ4v) is 4.58. The van der Waals surface area contributed by atoms with Gasteiger partial charge in [0.2, 0.25) is 5.95 Å². The van der Waals surface area contributed by atoms with Crippen LogP contribution in [0.2, 0.25) is 0 Å². The van der Waals surface area contributed by atoms with Crippen molar-refractivity contribution in [1.82, 2.24) is 15.0 Å². The Morgan fingerprint density at radius 2 is 1.76 bits per heavy atom. The lowest BCUT2D eigenvalue weighted by Crippen LogP contribution is -2.38. The Morgan fingerprint density at radius 1 is 1.03 bits per heavy atom. The third kappa shape index (κ3) is 5.84. The molecule has 0 bridgehead atoms. The predicted molar refractivity (Wildman–Crippen MR) is 137 cm³/mol. The van der Waals surface area contributed by atoms with E-state index in [-0.39, 0.29) is 6.10 Å². The summed E-state index contributed by atoms with van der Waals surface area (Å²) in [6.45, 7) is 6.70. The van der Waals surface area contributed by atoms with Crippen molar-refractivity contribution in [3.8, 4) is 0 Å². The minimum absolute atomic E-state index is 0.260. The molecular formula is C26H33N5OS. The van der Waals surface area contributed by atoms with Gasteiger partial charge in [-0.1, -0.05) is 13.0 Å². The van der Waals surface area contributed by atoms with Crippen molar-refractivity contribution < 1.29 is 4.74 Å². The molecule has 3 aromatic rings. The average Bonchev–Trinajstić information content (AvgIpc) is 2.87. The van der Waals surface area contributed by atoms with Crippen LogP contribution in [-0.4, -0.2) is 47.4 Å². The molecule has 0 amide bonds. The second-order valence-corrected chi connectivity index (χ2v) is 9.36. The van der Waals surface area contributed by atoms with E-state index in [1.165, 1.54) is 21.7 Å². The molecule has 0 atom stereocenters. The topological polar surface area (TPSA) is 54.4 Å².